The summed E-state index contributed by atoms with van der Waals surface area (Å²) in [6.45, 7) is -1.41. The average Bonchev–Trinajstić information content (AvgIpc) is 3.00. The molecule has 20 nitrogen and oxygen atoms in total. The van der Waals surface area contributed by atoms with E-state index in [1.54, 1.807) is 0 Å². The molecule has 1 saturated carbocycles. The zero-order valence-corrected chi connectivity index (χ0v) is 24.1. The molecule has 22 N–H and O–H groups in total. The normalized spacial score (nSPS) is 53.9. The van der Waals surface area contributed by atoms with Gasteiger partial charge in [-0.25, -0.2) is 0 Å². The Kier molecular flexibility index (Phi) is 12.3. The third kappa shape index (κ3) is 7.05. The molecule has 0 aromatic carbocycles. The van der Waals surface area contributed by atoms with Gasteiger partial charge in [0.05, 0.1) is 19.6 Å². The van der Waals surface area contributed by atoms with Gasteiger partial charge in [-0.05, 0) is 0 Å². The molecule has 3 aliphatic heterocycles. The highest BCUT2D eigenvalue weighted by molar-refractivity contribution is 4.98. The average molecular weight is 651 g/mol. The van der Waals surface area contributed by atoms with Crippen LogP contribution in [0.4, 0.5) is 0 Å². The van der Waals surface area contributed by atoms with Gasteiger partial charge in [0.1, 0.15) is 104 Å². The van der Waals surface area contributed by atoms with Crippen LogP contribution in [-0.4, -0.2) is 193 Å². The van der Waals surface area contributed by atoms with Gasteiger partial charge in [0.15, 0.2) is 18.6 Å². The van der Waals surface area contributed by atoms with Crippen molar-refractivity contribution in [3.63, 3.8) is 0 Å². The van der Waals surface area contributed by atoms with E-state index >= 15 is 0 Å². The lowest BCUT2D eigenvalue weighted by atomic mass is 9.84. The Bertz CT molecular complexity index is 910. The van der Waals surface area contributed by atoms with Crippen molar-refractivity contribution in [2.75, 3.05) is 19.8 Å². The summed E-state index contributed by atoms with van der Waals surface area (Å²) in [5.74, 6) is 0. The zero-order valence-electron chi connectivity index (χ0n) is 24.1. The van der Waals surface area contributed by atoms with Gasteiger partial charge in [-0.1, -0.05) is 0 Å². The van der Waals surface area contributed by atoms with Crippen LogP contribution in [0.25, 0.3) is 0 Å². The van der Waals surface area contributed by atoms with Gasteiger partial charge >= 0.3 is 0 Å². The minimum absolute atomic E-state index is 0.113. The van der Waals surface area contributed by atoms with E-state index in [1.165, 1.54) is 0 Å². The van der Waals surface area contributed by atoms with Gasteiger partial charge in [0.2, 0.25) is 6.29 Å². The highest BCUT2D eigenvalue weighted by Crippen LogP contribution is 2.33. The molecule has 20 atom stereocenters. The summed E-state index contributed by atoms with van der Waals surface area (Å²) in [6.07, 6.45) is -24.6. The predicted octanol–water partition coefficient (Wildman–Crippen LogP) is -12.3. The number of hydrogen-bond acceptors (Lipinski definition) is 16. The summed E-state index contributed by atoms with van der Waals surface area (Å²) < 4.78 is 34.5. The van der Waals surface area contributed by atoms with Gasteiger partial charge in [0.25, 0.3) is 0 Å². The second-order valence-electron chi connectivity index (χ2n) is 11.9. The van der Waals surface area contributed by atoms with Crippen molar-refractivity contribution in [3.05, 3.63) is 0 Å². The van der Waals surface area contributed by atoms with E-state index in [-0.39, 0.29) is 13.0 Å². The van der Waals surface area contributed by atoms with Crippen LogP contribution < -0.4 is 22.9 Å². The van der Waals surface area contributed by atoms with Gasteiger partial charge in [0, 0.05) is 0 Å². The van der Waals surface area contributed by atoms with Crippen molar-refractivity contribution in [3.8, 4) is 0 Å². The predicted molar refractivity (Wildman–Crippen MR) is 135 cm³/mol. The monoisotopic (exact) mass is 650 g/mol. The Morgan fingerprint density at radius 2 is 1.00 bits per heavy atom. The number of aliphatic hydroxyl groups excluding tert-OH is 10. The third-order valence-corrected chi connectivity index (χ3v) is 8.87. The van der Waals surface area contributed by atoms with Gasteiger partial charge in [-0.2, -0.15) is 0 Å². The maximum atomic E-state index is 11.1. The summed E-state index contributed by atoms with van der Waals surface area (Å²) in [4.78, 5) is 0. The number of ether oxygens (including phenoxy) is 6. The maximum absolute atomic E-state index is 11.1. The largest absolute Gasteiger partial charge is 0.394 e. The fourth-order valence-electron chi connectivity index (χ4n) is 6.08. The van der Waals surface area contributed by atoms with Gasteiger partial charge in [-0.15, -0.1) is 0 Å². The van der Waals surface area contributed by atoms with Crippen LogP contribution >= 0.6 is 0 Å². The molecule has 3 saturated heterocycles. The number of quaternary nitrogens is 4. The Morgan fingerprint density at radius 3 is 1.59 bits per heavy atom. The Labute approximate surface area is 251 Å². The van der Waals surface area contributed by atoms with E-state index in [0.717, 1.165) is 0 Å². The van der Waals surface area contributed by atoms with Crippen molar-refractivity contribution in [1.82, 2.24) is 0 Å². The molecule has 1 aliphatic carbocycles. The molecule has 4 aliphatic rings. The Morgan fingerprint density at radius 1 is 0.500 bits per heavy atom. The summed E-state index contributed by atoms with van der Waals surface area (Å²) in [5.41, 5.74) is 15.6. The topological polar surface area (TPSA) is 368 Å². The Hall–Kier alpha value is -0.800. The second kappa shape index (κ2) is 15.0. The highest BCUT2D eigenvalue weighted by Gasteiger charge is 2.56. The SMILES string of the molecule is [NH3+]C[C@H]1O[C@H](O[C@H]2[C@H](O[C@@H]3O[C@H](CO)[C@@H](O[C@@H]4O[C@H](CO)[C@@H](O)[C@H](O)[C@H]4O)[C@@H](O)[C@H]3O)[C@@H](O)[C@H]([NH3+])C[C@@H]2[NH3+])[C@H]([NH3+])[C@@H](O)[C@@H]1O. The molecule has 0 aromatic heterocycles. The molecule has 0 unspecified atom stereocenters. The summed E-state index contributed by atoms with van der Waals surface area (Å²) in [7, 11) is 0. The first-order valence-electron chi connectivity index (χ1n) is 14.6. The van der Waals surface area contributed by atoms with Crippen LogP contribution in [-0.2, 0) is 28.4 Å². The van der Waals surface area contributed by atoms with E-state index in [1.807, 2.05) is 0 Å². The van der Waals surface area contributed by atoms with Crippen LogP contribution in [0.3, 0.4) is 0 Å². The number of hydrogen-bond donors (Lipinski definition) is 14. The first-order valence-corrected chi connectivity index (χ1v) is 14.6. The first-order chi connectivity index (χ1) is 20.7. The van der Waals surface area contributed by atoms with E-state index in [4.69, 9.17) is 28.4 Å². The molecule has 4 fully saturated rings. The number of rotatable bonds is 9. The van der Waals surface area contributed by atoms with E-state index < -0.39 is 136 Å². The van der Waals surface area contributed by atoms with Crippen molar-refractivity contribution < 1.29 is 102 Å². The first kappa shape index (κ1) is 36.0. The van der Waals surface area contributed by atoms with Crippen LogP contribution in [0.5, 0.6) is 0 Å². The van der Waals surface area contributed by atoms with Crippen LogP contribution in [0.2, 0.25) is 0 Å². The molecule has 3 heterocycles. The van der Waals surface area contributed by atoms with Crippen LogP contribution in [0.15, 0.2) is 0 Å². The molecular formula is C24H50N4O16+4. The van der Waals surface area contributed by atoms with Gasteiger partial charge < -0.3 is 102 Å². The van der Waals surface area contributed by atoms with Crippen molar-refractivity contribution >= 4 is 0 Å². The van der Waals surface area contributed by atoms with E-state index in [2.05, 4.69) is 22.9 Å². The van der Waals surface area contributed by atoms with Crippen molar-refractivity contribution in [2.24, 2.45) is 0 Å². The second-order valence-corrected chi connectivity index (χ2v) is 11.9. The molecule has 0 spiro atoms. The number of aliphatic hydroxyl groups is 10. The lowest BCUT2D eigenvalue weighted by Gasteiger charge is -2.48. The highest BCUT2D eigenvalue weighted by atomic mass is 16.8. The summed E-state index contributed by atoms with van der Waals surface area (Å²) in [6, 6.07) is -2.12. The van der Waals surface area contributed by atoms with Crippen LogP contribution in [0, 0.1) is 0 Å². The molecule has 4 rings (SSSR count). The molecule has 44 heavy (non-hydrogen) atoms. The fourth-order valence-corrected chi connectivity index (χ4v) is 6.08. The quantitative estimate of drug-likeness (QED) is 0.110. The molecule has 0 radical (unpaired) electrons. The van der Waals surface area contributed by atoms with Gasteiger partial charge in [-0.3, -0.25) is 0 Å². The minimum Gasteiger partial charge on any atom is -0.394 e. The standard InChI is InChI=1S/C24H46N4O16/c25-2-7-12(32)14(34)10(28)22(39-7)42-19-6(27)1-5(26)11(31)21(19)44-24-18(38)16(36)20(9(4-30)41-24)43-23-17(37)15(35)13(33)8(3-29)40-23/h5-24,29-38H,1-4,25-28H2/p+4/t5-,6+,7-,8-,9-,10-,11+,12-,13-,14-,15+,16+,17-,18-,19-,20-,21-,22-,23+,24+/m1/s1. The van der Waals surface area contributed by atoms with Crippen LogP contribution in [0.1, 0.15) is 6.42 Å². The van der Waals surface area contributed by atoms with Crippen molar-refractivity contribution in [1.29, 1.82) is 0 Å². The fraction of sp³-hybridized carbons (Fsp3) is 1.00. The van der Waals surface area contributed by atoms with E-state index in [9.17, 15) is 51.1 Å². The Balaban J connectivity index is 1.50. The molecule has 0 aromatic rings. The molecule has 258 valence electrons. The van der Waals surface area contributed by atoms with Crippen molar-refractivity contribution in [2.45, 2.75) is 129 Å². The smallest absolute Gasteiger partial charge is 0.214 e. The summed E-state index contributed by atoms with van der Waals surface area (Å²) in [5, 5.41) is 104. The molecule has 0 bridgehead atoms. The lowest BCUT2D eigenvalue weighted by Crippen LogP contribution is -2.84. The molecule has 20 heteroatoms. The molecule has 0 amide bonds. The minimum atomic E-state index is -1.87. The third-order valence-electron chi connectivity index (χ3n) is 8.87. The summed E-state index contributed by atoms with van der Waals surface area (Å²) >= 11 is 0. The molecular weight excluding hydrogens is 600 g/mol. The van der Waals surface area contributed by atoms with E-state index in [0.29, 0.717) is 0 Å². The zero-order chi connectivity index (χ0) is 32.6. The lowest BCUT2D eigenvalue weighted by molar-refractivity contribution is -0.537. The maximum Gasteiger partial charge on any atom is 0.214 e.